The minimum Gasteiger partial charge on any atom is -0.478 e. The van der Waals surface area contributed by atoms with Gasteiger partial charge in [0.1, 0.15) is 5.82 Å². The number of carboxylic acids is 1. The molecule has 0 aromatic heterocycles. The highest BCUT2D eigenvalue weighted by molar-refractivity contribution is 5.88. The van der Waals surface area contributed by atoms with Gasteiger partial charge in [-0.25, -0.2) is 9.18 Å². The van der Waals surface area contributed by atoms with Gasteiger partial charge in [0.25, 0.3) is 0 Å². The van der Waals surface area contributed by atoms with Crippen molar-refractivity contribution >= 4 is 23.6 Å². The fourth-order valence-electron chi connectivity index (χ4n) is 1.65. The van der Waals surface area contributed by atoms with Crippen LogP contribution in [0.15, 0.2) is 24.3 Å². The summed E-state index contributed by atoms with van der Waals surface area (Å²) in [7, 11) is 4.81. The van der Waals surface area contributed by atoms with Gasteiger partial charge in [-0.1, -0.05) is 12.1 Å². The predicted molar refractivity (Wildman–Crippen MR) is 75.0 cm³/mol. The molecule has 1 rings (SSSR count). The molecule has 0 aliphatic heterocycles. The lowest BCUT2D eigenvalue weighted by atomic mass is 10.1. The second-order valence-corrected chi connectivity index (χ2v) is 4.49. The molecule has 0 spiro atoms. The summed E-state index contributed by atoms with van der Waals surface area (Å²) in [6.07, 6.45) is 2.23. The highest BCUT2D eigenvalue weighted by Gasteiger charge is 2.15. The van der Waals surface area contributed by atoms with E-state index in [0.29, 0.717) is 5.56 Å². The zero-order valence-electron chi connectivity index (χ0n) is 11.6. The van der Waals surface area contributed by atoms with Crippen LogP contribution in [0, 0.1) is 5.82 Å². The fraction of sp³-hybridized carbons (Fsp3) is 0.286. The van der Waals surface area contributed by atoms with Gasteiger partial charge in [-0.15, -0.1) is 0 Å². The summed E-state index contributed by atoms with van der Waals surface area (Å²) < 4.78 is 13.9. The summed E-state index contributed by atoms with van der Waals surface area (Å²) >= 11 is 0. The van der Waals surface area contributed by atoms with Gasteiger partial charge in [0, 0.05) is 32.8 Å². The first kappa shape index (κ1) is 15.7. The van der Waals surface area contributed by atoms with Crippen LogP contribution in [-0.4, -0.2) is 49.6 Å². The molecule has 0 saturated heterocycles. The van der Waals surface area contributed by atoms with E-state index in [0.717, 1.165) is 6.08 Å². The largest absolute Gasteiger partial charge is 0.478 e. The molecule has 0 aliphatic rings. The maximum Gasteiger partial charge on any atom is 0.328 e. The lowest BCUT2D eigenvalue weighted by Gasteiger charge is -2.23. The number of carbonyl (C=O) groups excluding carboxylic acids is 1. The SMILES string of the molecule is CN(C)C(=O)CN(C)c1c(F)cccc1/C=C/C(=O)O. The molecule has 0 fully saturated rings. The minimum absolute atomic E-state index is 0.00183. The third-order valence-corrected chi connectivity index (χ3v) is 2.68. The van der Waals surface area contributed by atoms with E-state index < -0.39 is 11.8 Å². The monoisotopic (exact) mass is 280 g/mol. The Labute approximate surface area is 116 Å². The van der Waals surface area contributed by atoms with Crippen molar-refractivity contribution in [3.05, 3.63) is 35.7 Å². The molecular formula is C14H17FN2O3. The van der Waals surface area contributed by atoms with Gasteiger partial charge in [0.2, 0.25) is 5.91 Å². The van der Waals surface area contributed by atoms with Gasteiger partial charge < -0.3 is 14.9 Å². The number of carbonyl (C=O) groups is 2. The zero-order valence-corrected chi connectivity index (χ0v) is 11.6. The standard InChI is InChI=1S/C14H17FN2O3/c1-16(2)12(18)9-17(3)14-10(7-8-13(19)20)5-4-6-11(14)15/h4-8H,9H2,1-3H3,(H,19,20)/b8-7+. The van der Waals surface area contributed by atoms with Crippen LogP contribution in [0.1, 0.15) is 5.56 Å². The zero-order chi connectivity index (χ0) is 15.3. The maximum atomic E-state index is 13.9. The van der Waals surface area contributed by atoms with Crippen LogP contribution in [0.25, 0.3) is 6.08 Å². The number of para-hydroxylation sites is 1. The summed E-state index contributed by atoms with van der Waals surface area (Å²) in [5.74, 6) is -1.80. The summed E-state index contributed by atoms with van der Waals surface area (Å²) in [5.41, 5.74) is 0.599. The Kier molecular flexibility index (Phi) is 5.25. The third-order valence-electron chi connectivity index (χ3n) is 2.68. The molecule has 0 heterocycles. The highest BCUT2D eigenvalue weighted by Crippen LogP contribution is 2.24. The number of nitrogens with zero attached hydrogens (tertiary/aromatic N) is 2. The number of rotatable bonds is 5. The van der Waals surface area contributed by atoms with Crippen molar-refractivity contribution in [2.24, 2.45) is 0 Å². The van der Waals surface area contributed by atoms with Crippen LogP contribution in [-0.2, 0) is 9.59 Å². The molecule has 1 N–H and O–H groups in total. The van der Waals surface area contributed by atoms with Crippen LogP contribution in [0.2, 0.25) is 0 Å². The molecule has 6 heteroatoms. The summed E-state index contributed by atoms with van der Waals surface area (Å²) in [5, 5.41) is 8.64. The Bertz CT molecular complexity index is 541. The smallest absolute Gasteiger partial charge is 0.328 e. The second-order valence-electron chi connectivity index (χ2n) is 4.49. The third kappa shape index (κ3) is 4.08. The van der Waals surface area contributed by atoms with Gasteiger partial charge in [-0.05, 0) is 12.1 Å². The number of halogens is 1. The Morgan fingerprint density at radius 3 is 2.50 bits per heavy atom. The number of amides is 1. The molecule has 0 radical (unpaired) electrons. The highest BCUT2D eigenvalue weighted by atomic mass is 19.1. The van der Waals surface area contributed by atoms with E-state index in [1.807, 2.05) is 0 Å². The molecule has 0 bridgehead atoms. The molecule has 1 aromatic rings. The van der Waals surface area contributed by atoms with Gasteiger partial charge >= 0.3 is 5.97 Å². The Morgan fingerprint density at radius 1 is 1.30 bits per heavy atom. The van der Waals surface area contributed by atoms with E-state index >= 15 is 0 Å². The average molecular weight is 280 g/mol. The Hall–Kier alpha value is -2.37. The summed E-state index contributed by atoms with van der Waals surface area (Å²) in [4.78, 5) is 25.1. The van der Waals surface area contributed by atoms with Crippen LogP contribution >= 0.6 is 0 Å². The molecule has 108 valence electrons. The van der Waals surface area contributed by atoms with Crippen molar-refractivity contribution in [2.75, 3.05) is 32.6 Å². The van der Waals surface area contributed by atoms with Crippen molar-refractivity contribution in [1.82, 2.24) is 4.90 Å². The van der Waals surface area contributed by atoms with Crippen molar-refractivity contribution in [3.63, 3.8) is 0 Å². The van der Waals surface area contributed by atoms with Gasteiger partial charge in [-0.3, -0.25) is 4.79 Å². The number of carboxylic acid groups (broad SMARTS) is 1. The van der Waals surface area contributed by atoms with E-state index in [-0.39, 0.29) is 18.1 Å². The number of benzene rings is 1. The molecule has 0 saturated carbocycles. The first-order valence-electron chi connectivity index (χ1n) is 5.93. The molecule has 1 aromatic carbocycles. The van der Waals surface area contributed by atoms with E-state index in [4.69, 9.17) is 5.11 Å². The predicted octanol–water partition coefficient (Wildman–Crippen LogP) is 1.45. The van der Waals surface area contributed by atoms with Gasteiger partial charge in [0.05, 0.1) is 12.2 Å². The topological polar surface area (TPSA) is 60.9 Å². The van der Waals surface area contributed by atoms with Crippen LogP contribution < -0.4 is 4.90 Å². The molecule has 5 nitrogen and oxygen atoms in total. The van der Waals surface area contributed by atoms with Gasteiger partial charge in [0.15, 0.2) is 0 Å². The first-order chi connectivity index (χ1) is 9.32. The summed E-state index contributed by atoms with van der Waals surface area (Å²) in [6, 6.07) is 4.35. The summed E-state index contributed by atoms with van der Waals surface area (Å²) in [6.45, 7) is 0.00183. The number of aliphatic carboxylic acids is 1. The van der Waals surface area contributed by atoms with E-state index in [9.17, 15) is 14.0 Å². The average Bonchev–Trinajstić information content (AvgIpc) is 2.35. The quantitative estimate of drug-likeness (QED) is 0.829. The van der Waals surface area contributed by atoms with Crippen molar-refractivity contribution in [1.29, 1.82) is 0 Å². The van der Waals surface area contributed by atoms with Gasteiger partial charge in [-0.2, -0.15) is 0 Å². The van der Waals surface area contributed by atoms with Crippen LogP contribution in [0.5, 0.6) is 0 Å². The number of hydrogen-bond donors (Lipinski definition) is 1. The molecule has 1 amide bonds. The van der Waals surface area contributed by atoms with Crippen LogP contribution in [0.4, 0.5) is 10.1 Å². The first-order valence-corrected chi connectivity index (χ1v) is 5.93. The van der Waals surface area contributed by atoms with E-state index in [1.165, 1.54) is 28.0 Å². The van der Waals surface area contributed by atoms with Crippen molar-refractivity contribution in [3.8, 4) is 0 Å². The van der Waals surface area contributed by atoms with Crippen molar-refractivity contribution < 1.29 is 19.1 Å². The molecule has 0 unspecified atom stereocenters. The molecule has 0 atom stereocenters. The number of anilines is 1. The Balaban J connectivity index is 3.09. The number of likely N-dealkylation sites (N-methyl/N-ethyl adjacent to an activating group) is 2. The number of hydrogen-bond acceptors (Lipinski definition) is 3. The van der Waals surface area contributed by atoms with Crippen molar-refractivity contribution in [2.45, 2.75) is 0 Å². The van der Waals surface area contributed by atoms with E-state index in [1.54, 1.807) is 27.2 Å². The maximum absolute atomic E-state index is 13.9. The fourth-order valence-corrected chi connectivity index (χ4v) is 1.65. The molecule has 0 aliphatic carbocycles. The normalized spacial score (nSPS) is 10.6. The van der Waals surface area contributed by atoms with Crippen LogP contribution in [0.3, 0.4) is 0 Å². The Morgan fingerprint density at radius 2 is 1.95 bits per heavy atom. The molecule has 20 heavy (non-hydrogen) atoms. The molecular weight excluding hydrogens is 263 g/mol. The lowest BCUT2D eigenvalue weighted by molar-refractivity contribution is -0.131. The minimum atomic E-state index is -1.12. The lowest BCUT2D eigenvalue weighted by Crippen LogP contribution is -2.35. The second kappa shape index (κ2) is 6.70. The van der Waals surface area contributed by atoms with E-state index in [2.05, 4.69) is 0 Å².